The molecule has 0 bridgehead atoms. The van der Waals surface area contributed by atoms with Crippen LogP contribution < -0.4 is 10.6 Å². The number of rotatable bonds is 1. The van der Waals surface area contributed by atoms with Gasteiger partial charge in [-0.05, 0) is 12.1 Å². The van der Waals surface area contributed by atoms with Crippen LogP contribution in [0.15, 0.2) is 23.2 Å². The molecule has 1 aliphatic heterocycles. The molecule has 0 saturated carbocycles. The lowest BCUT2D eigenvalue weighted by molar-refractivity contribution is -0.119. The number of phenols is 2. The molecule has 0 aliphatic carbocycles. The maximum absolute atomic E-state index is 11.4. The van der Waals surface area contributed by atoms with Crippen LogP contribution in [0.3, 0.4) is 0 Å². The number of para-hydroxylation sites is 1. The van der Waals surface area contributed by atoms with Gasteiger partial charge in [0.2, 0.25) is 0 Å². The largest absolute Gasteiger partial charge is 0.506 e. The molecule has 8 heteroatoms. The van der Waals surface area contributed by atoms with Gasteiger partial charge in [0.05, 0.1) is 0 Å². The number of hydrogen-bond acceptors (Lipinski definition) is 6. The van der Waals surface area contributed by atoms with Gasteiger partial charge in [-0.1, -0.05) is 6.07 Å². The molecule has 8 nitrogen and oxygen atoms in total. The average Bonchev–Trinajstić information content (AvgIpc) is 2.26. The SMILES string of the molecule is O=C1NC(=O)C(=Nc2c(O)cccc2O)C(=O)N1. The molecule has 4 N–H and O–H groups in total. The molecule has 1 aliphatic rings. The summed E-state index contributed by atoms with van der Waals surface area (Å²) in [6, 6.07) is 2.86. The number of imide groups is 2. The minimum absolute atomic E-state index is 0.327. The Morgan fingerprint density at radius 1 is 0.944 bits per heavy atom. The number of nitrogens with zero attached hydrogens (tertiary/aromatic N) is 1. The molecule has 0 radical (unpaired) electrons. The topological polar surface area (TPSA) is 128 Å². The zero-order chi connectivity index (χ0) is 13.3. The van der Waals surface area contributed by atoms with Crippen LogP contribution in [0.25, 0.3) is 0 Å². The molecular weight excluding hydrogens is 242 g/mol. The predicted molar refractivity (Wildman–Crippen MR) is 58.5 cm³/mol. The van der Waals surface area contributed by atoms with Crippen LogP contribution in [-0.4, -0.2) is 33.8 Å². The predicted octanol–water partition coefficient (Wildman–Crippen LogP) is -0.464. The molecule has 92 valence electrons. The molecule has 2 rings (SSSR count). The summed E-state index contributed by atoms with van der Waals surface area (Å²) in [5.74, 6) is -2.82. The van der Waals surface area contributed by atoms with E-state index in [1.54, 1.807) is 0 Å². The summed E-state index contributed by atoms with van der Waals surface area (Å²) in [4.78, 5) is 37.1. The first-order valence-corrected chi connectivity index (χ1v) is 4.75. The standard InChI is InChI=1S/C10H7N3O5/c14-4-2-1-3-5(15)6(4)11-7-8(16)12-10(18)13-9(7)17/h1-3,14-15H,(H2,12,13,16,17,18). The molecule has 1 aromatic carbocycles. The zero-order valence-corrected chi connectivity index (χ0v) is 8.80. The number of aliphatic imine (C=N–C) groups is 1. The smallest absolute Gasteiger partial charge is 0.328 e. The maximum Gasteiger partial charge on any atom is 0.328 e. The zero-order valence-electron chi connectivity index (χ0n) is 8.80. The van der Waals surface area contributed by atoms with Crippen molar-refractivity contribution in [3.63, 3.8) is 0 Å². The van der Waals surface area contributed by atoms with Gasteiger partial charge in [-0.15, -0.1) is 0 Å². The summed E-state index contributed by atoms with van der Waals surface area (Å²) in [5, 5.41) is 22.5. The molecule has 1 aromatic rings. The van der Waals surface area contributed by atoms with Crippen LogP contribution >= 0.6 is 0 Å². The molecular formula is C10H7N3O5. The summed E-state index contributed by atoms with van der Waals surface area (Å²) < 4.78 is 0. The van der Waals surface area contributed by atoms with Crippen LogP contribution in [0.2, 0.25) is 0 Å². The van der Waals surface area contributed by atoms with Gasteiger partial charge in [0.25, 0.3) is 11.8 Å². The molecule has 0 unspecified atom stereocenters. The Bertz CT molecular complexity index is 551. The third kappa shape index (κ3) is 1.98. The molecule has 0 atom stereocenters. The van der Waals surface area contributed by atoms with Gasteiger partial charge in [-0.25, -0.2) is 9.79 Å². The van der Waals surface area contributed by atoms with E-state index in [0.717, 1.165) is 0 Å². The third-order valence-electron chi connectivity index (χ3n) is 2.10. The second kappa shape index (κ2) is 4.17. The van der Waals surface area contributed by atoms with Gasteiger partial charge < -0.3 is 10.2 Å². The monoisotopic (exact) mass is 249 g/mol. The van der Waals surface area contributed by atoms with Crippen molar-refractivity contribution in [1.29, 1.82) is 0 Å². The van der Waals surface area contributed by atoms with E-state index in [1.807, 2.05) is 10.6 Å². The fourth-order valence-corrected chi connectivity index (χ4v) is 1.31. The van der Waals surface area contributed by atoms with Gasteiger partial charge in [0.1, 0.15) is 17.2 Å². The molecule has 0 aromatic heterocycles. The molecule has 1 heterocycles. The summed E-state index contributed by atoms with van der Waals surface area (Å²) in [5.41, 5.74) is -0.960. The Morgan fingerprint density at radius 2 is 1.44 bits per heavy atom. The van der Waals surface area contributed by atoms with Crippen LogP contribution in [0.5, 0.6) is 11.5 Å². The van der Waals surface area contributed by atoms with Crippen LogP contribution in [-0.2, 0) is 9.59 Å². The van der Waals surface area contributed by atoms with Crippen molar-refractivity contribution in [3.8, 4) is 11.5 Å². The second-order valence-electron chi connectivity index (χ2n) is 3.34. The molecule has 18 heavy (non-hydrogen) atoms. The minimum Gasteiger partial charge on any atom is -0.506 e. The van der Waals surface area contributed by atoms with E-state index in [9.17, 15) is 24.6 Å². The molecule has 4 amide bonds. The number of urea groups is 1. The normalized spacial score (nSPS) is 15.1. The Balaban J connectivity index is 2.47. The number of barbiturate groups is 1. The van der Waals surface area contributed by atoms with E-state index < -0.39 is 35.1 Å². The van der Waals surface area contributed by atoms with Gasteiger partial charge in [0.15, 0.2) is 5.71 Å². The average molecular weight is 249 g/mol. The van der Waals surface area contributed by atoms with Crippen LogP contribution in [0, 0.1) is 0 Å². The Morgan fingerprint density at radius 3 is 1.94 bits per heavy atom. The Hall–Kier alpha value is -2.90. The lowest BCUT2D eigenvalue weighted by Gasteiger charge is -2.13. The van der Waals surface area contributed by atoms with Crippen molar-refractivity contribution in [3.05, 3.63) is 18.2 Å². The first-order chi connectivity index (χ1) is 8.49. The number of benzene rings is 1. The van der Waals surface area contributed by atoms with Gasteiger partial charge in [-0.3, -0.25) is 20.2 Å². The van der Waals surface area contributed by atoms with Gasteiger partial charge in [-0.2, -0.15) is 0 Å². The summed E-state index contributed by atoms with van der Waals surface area (Å²) in [7, 11) is 0. The van der Waals surface area contributed by atoms with Crippen LogP contribution in [0.1, 0.15) is 0 Å². The number of hydrogen-bond donors (Lipinski definition) is 4. The van der Waals surface area contributed by atoms with Gasteiger partial charge in [0, 0.05) is 0 Å². The van der Waals surface area contributed by atoms with E-state index >= 15 is 0 Å². The Kier molecular flexibility index (Phi) is 2.68. The van der Waals surface area contributed by atoms with Crippen molar-refractivity contribution in [1.82, 2.24) is 10.6 Å². The van der Waals surface area contributed by atoms with Crippen LogP contribution in [0.4, 0.5) is 10.5 Å². The molecule has 1 saturated heterocycles. The quantitative estimate of drug-likeness (QED) is 0.535. The minimum atomic E-state index is -1.01. The molecule has 1 fully saturated rings. The first-order valence-electron chi connectivity index (χ1n) is 4.75. The number of carbonyl (C=O) groups excluding carboxylic acids is 3. The highest BCUT2D eigenvalue weighted by atomic mass is 16.3. The van der Waals surface area contributed by atoms with E-state index in [2.05, 4.69) is 4.99 Å². The summed E-state index contributed by atoms with van der Waals surface area (Å²) in [6.07, 6.45) is 0. The van der Waals surface area contributed by atoms with E-state index in [0.29, 0.717) is 0 Å². The fourth-order valence-electron chi connectivity index (χ4n) is 1.31. The van der Waals surface area contributed by atoms with Crippen molar-refractivity contribution >= 4 is 29.2 Å². The highest BCUT2D eigenvalue weighted by Crippen LogP contribution is 2.35. The fraction of sp³-hybridized carbons (Fsp3) is 0. The van der Waals surface area contributed by atoms with Crippen molar-refractivity contribution in [2.45, 2.75) is 0 Å². The number of aromatic hydroxyl groups is 2. The van der Waals surface area contributed by atoms with Crippen molar-refractivity contribution in [2.24, 2.45) is 4.99 Å². The van der Waals surface area contributed by atoms with Crippen molar-refractivity contribution in [2.75, 3.05) is 0 Å². The summed E-state index contributed by atoms with van der Waals surface area (Å²) in [6.45, 7) is 0. The highest BCUT2D eigenvalue weighted by molar-refractivity contribution is 6.69. The number of phenolic OH excluding ortho intramolecular Hbond substituents is 2. The van der Waals surface area contributed by atoms with E-state index in [4.69, 9.17) is 0 Å². The van der Waals surface area contributed by atoms with E-state index in [-0.39, 0.29) is 5.69 Å². The maximum atomic E-state index is 11.4. The summed E-state index contributed by atoms with van der Waals surface area (Å²) >= 11 is 0. The third-order valence-corrected chi connectivity index (χ3v) is 2.10. The first kappa shape index (κ1) is 11.6. The lowest BCUT2D eigenvalue weighted by Crippen LogP contribution is -2.56. The highest BCUT2D eigenvalue weighted by Gasteiger charge is 2.30. The second-order valence-corrected chi connectivity index (χ2v) is 3.34. The number of nitrogens with one attached hydrogen (secondary N) is 2. The molecule has 0 spiro atoms. The Labute approximate surface area is 100.0 Å². The number of amides is 4. The number of carbonyl (C=O) groups is 3. The lowest BCUT2D eigenvalue weighted by atomic mass is 10.2. The van der Waals surface area contributed by atoms with E-state index in [1.165, 1.54) is 18.2 Å². The van der Waals surface area contributed by atoms with Gasteiger partial charge >= 0.3 is 6.03 Å². The van der Waals surface area contributed by atoms with Crippen molar-refractivity contribution < 1.29 is 24.6 Å².